The topological polar surface area (TPSA) is 142 Å². The number of aliphatic hydroxyl groups excluding tert-OH is 1. The molecule has 2 aliphatic heterocycles. The first-order valence-corrected chi connectivity index (χ1v) is 9.78. The smallest absolute Gasteiger partial charge is 0.290 e. The van der Waals surface area contributed by atoms with Crippen LogP contribution in [0.4, 0.5) is 17.7 Å². The number of aromatic nitrogens is 4. The van der Waals surface area contributed by atoms with Gasteiger partial charge in [0.25, 0.3) is 6.47 Å². The molecule has 156 valence electrons. The number of aliphatic hydroxyl groups is 1. The maximum absolute atomic E-state index is 9.90. The molecule has 1 unspecified atom stereocenters. The molecule has 0 aliphatic carbocycles. The van der Waals surface area contributed by atoms with Gasteiger partial charge in [0.1, 0.15) is 5.82 Å². The molecule has 0 bridgehead atoms. The van der Waals surface area contributed by atoms with Crippen molar-refractivity contribution in [3.8, 4) is 0 Å². The van der Waals surface area contributed by atoms with Gasteiger partial charge in [-0.1, -0.05) is 0 Å². The van der Waals surface area contributed by atoms with E-state index in [-0.39, 0.29) is 12.6 Å². The summed E-state index contributed by atoms with van der Waals surface area (Å²) in [4.78, 5) is 30.3. The van der Waals surface area contributed by atoms with E-state index in [4.69, 9.17) is 20.6 Å². The van der Waals surface area contributed by atoms with Gasteiger partial charge in [0.05, 0.1) is 6.10 Å². The lowest BCUT2D eigenvalue weighted by atomic mass is 9.93. The molecule has 2 saturated heterocycles. The molecule has 0 aromatic carbocycles. The second-order valence-corrected chi connectivity index (χ2v) is 7.16. The Labute approximate surface area is 169 Å². The third kappa shape index (κ3) is 5.50. The maximum Gasteiger partial charge on any atom is 0.290 e. The minimum atomic E-state index is -0.266. The molecule has 2 aromatic rings. The lowest BCUT2D eigenvalue weighted by Crippen LogP contribution is -2.39. The summed E-state index contributed by atoms with van der Waals surface area (Å²) in [6, 6.07) is 3.88. The zero-order valence-corrected chi connectivity index (χ0v) is 16.3. The molecule has 0 saturated carbocycles. The maximum atomic E-state index is 9.90. The Balaban J connectivity index is 0.000000755. The zero-order valence-electron chi connectivity index (χ0n) is 16.3. The van der Waals surface area contributed by atoms with Gasteiger partial charge in [0.15, 0.2) is 0 Å². The van der Waals surface area contributed by atoms with E-state index in [2.05, 4.69) is 24.8 Å². The average Bonchev–Trinajstić information content (AvgIpc) is 2.75. The van der Waals surface area contributed by atoms with Gasteiger partial charge >= 0.3 is 0 Å². The van der Waals surface area contributed by atoms with Crippen LogP contribution in [-0.2, 0) is 4.79 Å². The van der Waals surface area contributed by atoms with Gasteiger partial charge in [-0.2, -0.15) is 4.98 Å². The van der Waals surface area contributed by atoms with Crippen LogP contribution in [0.15, 0.2) is 24.5 Å². The van der Waals surface area contributed by atoms with Crippen molar-refractivity contribution in [2.24, 2.45) is 0 Å². The number of hydrogen-bond donors (Lipinski definition) is 3. The highest BCUT2D eigenvalue weighted by molar-refractivity contribution is 5.44. The van der Waals surface area contributed by atoms with Crippen LogP contribution < -0.4 is 15.5 Å². The monoisotopic (exact) mass is 401 g/mol. The first-order chi connectivity index (χ1) is 14.1. The first-order valence-electron chi connectivity index (χ1n) is 9.78. The lowest BCUT2D eigenvalue weighted by Gasteiger charge is -2.34. The molecule has 1 atom stereocenters. The summed E-state index contributed by atoms with van der Waals surface area (Å²) in [6.07, 6.45) is 7.13. The Morgan fingerprint density at radius 2 is 1.76 bits per heavy atom. The van der Waals surface area contributed by atoms with Crippen molar-refractivity contribution in [3.63, 3.8) is 0 Å². The second kappa shape index (κ2) is 9.97. The summed E-state index contributed by atoms with van der Waals surface area (Å²) >= 11 is 0. The van der Waals surface area contributed by atoms with Crippen LogP contribution in [0.1, 0.15) is 37.3 Å². The normalized spacial score (nSPS) is 20.0. The number of hydrogen-bond acceptors (Lipinski definition) is 9. The predicted molar refractivity (Wildman–Crippen MR) is 109 cm³/mol. The summed E-state index contributed by atoms with van der Waals surface area (Å²) in [7, 11) is 0. The molecule has 4 heterocycles. The molecular formula is C19H27N7O3. The van der Waals surface area contributed by atoms with Crippen molar-refractivity contribution < 1.29 is 15.0 Å². The van der Waals surface area contributed by atoms with E-state index in [0.717, 1.165) is 62.8 Å². The van der Waals surface area contributed by atoms with Crippen molar-refractivity contribution in [1.29, 1.82) is 0 Å². The van der Waals surface area contributed by atoms with Crippen LogP contribution in [0.5, 0.6) is 0 Å². The van der Waals surface area contributed by atoms with Crippen molar-refractivity contribution in [2.45, 2.75) is 37.7 Å². The highest BCUT2D eigenvalue weighted by atomic mass is 16.3. The molecule has 0 amide bonds. The van der Waals surface area contributed by atoms with Gasteiger partial charge in [-0.25, -0.2) is 15.0 Å². The molecule has 2 fully saturated rings. The SMILES string of the molecule is Nc1nccc(C2CCN(c3nccc(N4CCCC(O)C4)n3)CC2)n1.O=CO. The highest BCUT2D eigenvalue weighted by Crippen LogP contribution is 2.29. The minimum absolute atomic E-state index is 0.250. The van der Waals surface area contributed by atoms with E-state index in [0.29, 0.717) is 18.4 Å². The largest absolute Gasteiger partial charge is 0.483 e. The lowest BCUT2D eigenvalue weighted by molar-refractivity contribution is -0.122. The molecule has 0 spiro atoms. The number of rotatable bonds is 3. The average molecular weight is 401 g/mol. The Kier molecular flexibility index (Phi) is 7.12. The predicted octanol–water partition coefficient (Wildman–Crippen LogP) is 0.895. The van der Waals surface area contributed by atoms with Crippen molar-refractivity contribution in [2.75, 3.05) is 41.7 Å². The quantitative estimate of drug-likeness (QED) is 0.635. The zero-order chi connectivity index (χ0) is 20.6. The van der Waals surface area contributed by atoms with Gasteiger partial charge in [-0.3, -0.25) is 4.79 Å². The van der Waals surface area contributed by atoms with Crippen LogP contribution in [0.25, 0.3) is 0 Å². The Morgan fingerprint density at radius 3 is 2.45 bits per heavy atom. The fourth-order valence-corrected chi connectivity index (χ4v) is 3.82. The second-order valence-electron chi connectivity index (χ2n) is 7.16. The number of nitrogens with two attached hydrogens (primary N) is 1. The van der Waals surface area contributed by atoms with Gasteiger partial charge in [-0.15, -0.1) is 0 Å². The van der Waals surface area contributed by atoms with E-state index < -0.39 is 0 Å². The third-order valence-corrected chi connectivity index (χ3v) is 5.24. The van der Waals surface area contributed by atoms with Gasteiger partial charge in [-0.05, 0) is 37.8 Å². The molecule has 2 aromatic heterocycles. The Hall–Kier alpha value is -3.01. The number of carboxylic acid groups (broad SMARTS) is 1. The number of nitrogens with zero attached hydrogens (tertiary/aromatic N) is 6. The van der Waals surface area contributed by atoms with E-state index in [1.165, 1.54) is 0 Å². The van der Waals surface area contributed by atoms with Crippen LogP contribution in [-0.4, -0.2) is 68.9 Å². The Bertz CT molecular complexity index is 799. The highest BCUT2D eigenvalue weighted by Gasteiger charge is 2.24. The van der Waals surface area contributed by atoms with E-state index in [9.17, 15) is 5.11 Å². The number of piperidine rings is 2. The van der Waals surface area contributed by atoms with Crippen molar-refractivity contribution in [3.05, 3.63) is 30.2 Å². The van der Waals surface area contributed by atoms with Crippen molar-refractivity contribution in [1.82, 2.24) is 19.9 Å². The fourth-order valence-electron chi connectivity index (χ4n) is 3.82. The summed E-state index contributed by atoms with van der Waals surface area (Å²) in [5.74, 6) is 2.41. The molecule has 0 radical (unpaired) electrons. The number of β-amino-alcohol motifs (C(OH)–C–C–N with tert-alkyl or cyclic N) is 1. The molecule has 2 aliphatic rings. The summed E-state index contributed by atoms with van der Waals surface area (Å²) in [5, 5.41) is 16.8. The number of carbonyl (C=O) groups is 1. The van der Waals surface area contributed by atoms with Gasteiger partial charge in [0, 0.05) is 50.2 Å². The Morgan fingerprint density at radius 1 is 1.03 bits per heavy atom. The standard InChI is InChI=1S/C18H25N7O.CH2O2/c19-17-20-7-3-15(22-17)13-5-10-24(11-6-13)18-21-8-4-16(23-18)25-9-1-2-14(26)12-25;2-1-3/h3-4,7-8,13-14,26H,1-2,5-6,9-12H2,(H2,19,20,22);1H,(H,2,3). The first kappa shape index (κ1) is 20.7. The van der Waals surface area contributed by atoms with Gasteiger partial charge < -0.3 is 25.7 Å². The third-order valence-electron chi connectivity index (χ3n) is 5.24. The van der Waals surface area contributed by atoms with Crippen LogP contribution in [0.2, 0.25) is 0 Å². The molecule has 10 nitrogen and oxygen atoms in total. The number of nitrogen functional groups attached to an aromatic ring is 1. The van der Waals surface area contributed by atoms with Crippen LogP contribution in [0, 0.1) is 0 Å². The number of anilines is 3. The summed E-state index contributed by atoms with van der Waals surface area (Å²) < 4.78 is 0. The summed E-state index contributed by atoms with van der Waals surface area (Å²) in [5.41, 5.74) is 6.73. The van der Waals surface area contributed by atoms with Crippen molar-refractivity contribution >= 4 is 24.2 Å². The van der Waals surface area contributed by atoms with E-state index in [1.807, 2.05) is 18.3 Å². The molecular weight excluding hydrogens is 374 g/mol. The molecule has 29 heavy (non-hydrogen) atoms. The van der Waals surface area contributed by atoms with Crippen LogP contribution >= 0.6 is 0 Å². The van der Waals surface area contributed by atoms with E-state index in [1.54, 1.807) is 6.20 Å². The molecule has 4 rings (SSSR count). The van der Waals surface area contributed by atoms with Gasteiger partial charge in [0.2, 0.25) is 11.9 Å². The van der Waals surface area contributed by atoms with E-state index >= 15 is 0 Å². The minimum Gasteiger partial charge on any atom is -0.483 e. The molecule has 10 heteroatoms. The summed E-state index contributed by atoms with van der Waals surface area (Å²) in [6.45, 7) is 3.11. The van der Waals surface area contributed by atoms with Crippen LogP contribution in [0.3, 0.4) is 0 Å². The fraction of sp³-hybridized carbons (Fsp3) is 0.526. The molecule has 4 N–H and O–H groups in total.